The van der Waals surface area contributed by atoms with Gasteiger partial charge in [-0.1, -0.05) is 0 Å². The minimum atomic E-state index is -0.416. The van der Waals surface area contributed by atoms with Crippen molar-refractivity contribution >= 4 is 32.5 Å². The Hall–Kier alpha value is -1.56. The Morgan fingerprint density at radius 1 is 1.35 bits per heavy atom. The van der Waals surface area contributed by atoms with E-state index in [-0.39, 0.29) is 5.69 Å². The summed E-state index contributed by atoms with van der Waals surface area (Å²) in [5.74, 6) is 1.30. The van der Waals surface area contributed by atoms with Crippen molar-refractivity contribution in [1.82, 2.24) is 9.97 Å². The monoisotopic (exact) mass is 293 g/mol. The topological polar surface area (TPSA) is 68.9 Å². The van der Waals surface area contributed by atoms with Crippen molar-refractivity contribution in [3.8, 4) is 0 Å². The predicted molar refractivity (Wildman–Crippen MR) is 65.9 cm³/mol. The number of nitrogens with zero attached hydrogens (tertiary/aromatic N) is 3. The molecule has 1 aromatic carbocycles. The van der Waals surface area contributed by atoms with E-state index in [0.29, 0.717) is 15.9 Å². The molecule has 1 saturated carbocycles. The summed E-state index contributed by atoms with van der Waals surface area (Å²) in [5.41, 5.74) is 0.806. The molecular weight excluding hydrogens is 286 g/mol. The second kappa shape index (κ2) is 3.73. The molecule has 0 N–H and O–H groups in total. The Kier molecular flexibility index (Phi) is 2.32. The maximum Gasteiger partial charge on any atom is 0.270 e. The Morgan fingerprint density at radius 2 is 2.12 bits per heavy atom. The second-order valence-corrected chi connectivity index (χ2v) is 4.86. The number of hydrogen-bond donors (Lipinski definition) is 0. The number of rotatable bonds is 2. The normalized spacial score (nSPS) is 15.1. The predicted octanol–water partition coefficient (Wildman–Crippen LogP) is 3.18. The van der Waals surface area contributed by atoms with E-state index in [1.54, 1.807) is 6.07 Å². The highest BCUT2D eigenvalue weighted by Gasteiger charge is 2.27. The van der Waals surface area contributed by atoms with E-state index in [9.17, 15) is 10.1 Å². The first-order valence-electron chi connectivity index (χ1n) is 5.27. The molecule has 1 heterocycles. The fourth-order valence-electron chi connectivity index (χ4n) is 1.73. The SMILES string of the molecule is O=[N+]([O-])c1ccc2nc(C3CC3)nc(Br)c2c1. The van der Waals surface area contributed by atoms with Crippen molar-refractivity contribution in [3.63, 3.8) is 0 Å². The van der Waals surface area contributed by atoms with Gasteiger partial charge in [-0.2, -0.15) is 0 Å². The van der Waals surface area contributed by atoms with Crippen LogP contribution in [0.25, 0.3) is 10.9 Å². The number of hydrogen-bond acceptors (Lipinski definition) is 4. The number of benzene rings is 1. The van der Waals surface area contributed by atoms with Gasteiger partial charge in [0.05, 0.1) is 10.4 Å². The highest BCUT2D eigenvalue weighted by molar-refractivity contribution is 9.10. The zero-order valence-corrected chi connectivity index (χ0v) is 10.3. The molecule has 0 saturated heterocycles. The van der Waals surface area contributed by atoms with Gasteiger partial charge in [-0.15, -0.1) is 0 Å². The van der Waals surface area contributed by atoms with Crippen LogP contribution in [-0.4, -0.2) is 14.9 Å². The average Bonchev–Trinajstić information content (AvgIpc) is 3.12. The third kappa shape index (κ3) is 1.88. The van der Waals surface area contributed by atoms with Crippen LogP contribution < -0.4 is 0 Å². The lowest BCUT2D eigenvalue weighted by molar-refractivity contribution is -0.384. The van der Waals surface area contributed by atoms with Crippen LogP contribution in [0.3, 0.4) is 0 Å². The van der Waals surface area contributed by atoms with Crippen molar-refractivity contribution in [2.45, 2.75) is 18.8 Å². The Balaban J connectivity index is 2.20. The second-order valence-electron chi connectivity index (χ2n) is 4.11. The fraction of sp³-hybridized carbons (Fsp3) is 0.273. The van der Waals surface area contributed by atoms with Crippen molar-refractivity contribution in [2.24, 2.45) is 0 Å². The van der Waals surface area contributed by atoms with Gasteiger partial charge in [-0.05, 0) is 34.8 Å². The van der Waals surface area contributed by atoms with Crippen LogP contribution in [0.5, 0.6) is 0 Å². The maximum absolute atomic E-state index is 10.7. The van der Waals surface area contributed by atoms with Crippen LogP contribution in [0.15, 0.2) is 22.8 Å². The molecule has 3 rings (SSSR count). The summed E-state index contributed by atoms with van der Waals surface area (Å²) in [6, 6.07) is 4.64. The van der Waals surface area contributed by atoms with E-state index in [0.717, 1.165) is 24.2 Å². The van der Waals surface area contributed by atoms with Crippen LogP contribution in [0.1, 0.15) is 24.6 Å². The van der Waals surface area contributed by atoms with Crippen molar-refractivity contribution < 1.29 is 4.92 Å². The third-order valence-corrected chi connectivity index (χ3v) is 3.41. The lowest BCUT2D eigenvalue weighted by Gasteiger charge is -2.03. The third-order valence-electron chi connectivity index (χ3n) is 2.80. The van der Waals surface area contributed by atoms with Gasteiger partial charge in [0.15, 0.2) is 0 Å². The van der Waals surface area contributed by atoms with Gasteiger partial charge in [0.2, 0.25) is 0 Å². The molecule has 0 radical (unpaired) electrons. The molecule has 17 heavy (non-hydrogen) atoms. The summed E-state index contributed by atoms with van der Waals surface area (Å²) in [6.07, 6.45) is 2.26. The summed E-state index contributed by atoms with van der Waals surface area (Å²) in [7, 11) is 0. The van der Waals surface area contributed by atoms with Gasteiger partial charge in [0.1, 0.15) is 10.4 Å². The number of non-ortho nitro benzene ring substituents is 1. The largest absolute Gasteiger partial charge is 0.270 e. The van der Waals surface area contributed by atoms with E-state index < -0.39 is 4.92 Å². The van der Waals surface area contributed by atoms with E-state index in [4.69, 9.17) is 0 Å². The minimum absolute atomic E-state index is 0.0565. The van der Waals surface area contributed by atoms with Crippen LogP contribution in [-0.2, 0) is 0 Å². The molecule has 1 aliphatic carbocycles. The first-order chi connectivity index (χ1) is 8.15. The zero-order valence-electron chi connectivity index (χ0n) is 8.76. The Bertz CT molecular complexity index is 625. The summed E-state index contributed by atoms with van der Waals surface area (Å²) >= 11 is 3.35. The molecule has 0 aliphatic heterocycles. The van der Waals surface area contributed by atoms with E-state index in [1.165, 1.54) is 12.1 Å². The number of fused-ring (bicyclic) bond motifs is 1. The average molecular weight is 294 g/mol. The van der Waals surface area contributed by atoms with Gasteiger partial charge in [-0.3, -0.25) is 10.1 Å². The lowest BCUT2D eigenvalue weighted by Crippen LogP contribution is -1.95. The fourth-order valence-corrected chi connectivity index (χ4v) is 2.23. The molecule has 2 aromatic rings. The number of halogens is 1. The molecule has 1 aliphatic rings. The molecule has 1 fully saturated rings. The van der Waals surface area contributed by atoms with Gasteiger partial charge in [0, 0.05) is 23.4 Å². The Morgan fingerprint density at radius 3 is 2.76 bits per heavy atom. The van der Waals surface area contributed by atoms with Crippen LogP contribution >= 0.6 is 15.9 Å². The standard InChI is InChI=1S/C11H8BrN3O2/c12-10-8-5-7(15(16)17)3-4-9(8)13-11(14-10)6-1-2-6/h3-6H,1-2H2. The van der Waals surface area contributed by atoms with Gasteiger partial charge in [0.25, 0.3) is 5.69 Å². The van der Waals surface area contributed by atoms with Gasteiger partial charge in [-0.25, -0.2) is 9.97 Å². The number of nitro groups is 1. The van der Waals surface area contributed by atoms with Gasteiger partial charge < -0.3 is 0 Å². The zero-order chi connectivity index (χ0) is 12.0. The summed E-state index contributed by atoms with van der Waals surface area (Å²) in [5, 5.41) is 11.4. The lowest BCUT2D eigenvalue weighted by atomic mass is 10.2. The van der Waals surface area contributed by atoms with Crippen molar-refractivity contribution in [2.75, 3.05) is 0 Å². The van der Waals surface area contributed by atoms with E-state index >= 15 is 0 Å². The molecule has 0 unspecified atom stereocenters. The molecule has 0 amide bonds. The van der Waals surface area contributed by atoms with Crippen LogP contribution in [0, 0.1) is 10.1 Å². The van der Waals surface area contributed by atoms with E-state index in [1.807, 2.05) is 0 Å². The first-order valence-corrected chi connectivity index (χ1v) is 6.06. The first kappa shape index (κ1) is 10.6. The molecule has 0 atom stereocenters. The van der Waals surface area contributed by atoms with Crippen molar-refractivity contribution in [3.05, 3.63) is 38.7 Å². The molecule has 0 bridgehead atoms. The maximum atomic E-state index is 10.7. The minimum Gasteiger partial charge on any atom is -0.258 e. The van der Waals surface area contributed by atoms with Crippen LogP contribution in [0.4, 0.5) is 5.69 Å². The van der Waals surface area contributed by atoms with Crippen LogP contribution in [0.2, 0.25) is 0 Å². The highest BCUT2D eigenvalue weighted by Crippen LogP contribution is 2.39. The molecule has 0 spiro atoms. The smallest absolute Gasteiger partial charge is 0.258 e. The summed E-state index contributed by atoms with van der Waals surface area (Å²) in [6.45, 7) is 0. The quantitative estimate of drug-likeness (QED) is 0.484. The molecule has 1 aromatic heterocycles. The van der Waals surface area contributed by atoms with E-state index in [2.05, 4.69) is 25.9 Å². The number of aromatic nitrogens is 2. The highest BCUT2D eigenvalue weighted by atomic mass is 79.9. The van der Waals surface area contributed by atoms with Crippen molar-refractivity contribution in [1.29, 1.82) is 0 Å². The molecule has 6 heteroatoms. The summed E-state index contributed by atoms with van der Waals surface area (Å²) < 4.78 is 0.633. The molecule has 5 nitrogen and oxygen atoms in total. The summed E-state index contributed by atoms with van der Waals surface area (Å²) in [4.78, 5) is 19.1. The molecular formula is C11H8BrN3O2. The number of nitro benzene ring substituents is 1. The van der Waals surface area contributed by atoms with Gasteiger partial charge >= 0.3 is 0 Å². The Labute approximate surface area is 105 Å². The molecule has 86 valence electrons.